The molecule has 0 aliphatic heterocycles. The Morgan fingerprint density at radius 2 is 1.82 bits per heavy atom. The minimum absolute atomic E-state index is 0.0224. The number of nitrogens with one attached hydrogen (secondary N) is 1. The van der Waals surface area contributed by atoms with Gasteiger partial charge < -0.3 is 5.32 Å². The maximum atomic E-state index is 11.5. The summed E-state index contributed by atoms with van der Waals surface area (Å²) in [7, 11) is 0. The highest BCUT2D eigenvalue weighted by Crippen LogP contribution is 2.23. The predicted molar refractivity (Wildman–Crippen MR) is 73.7 cm³/mol. The van der Waals surface area contributed by atoms with Crippen LogP contribution in [-0.2, 0) is 10.2 Å². The van der Waals surface area contributed by atoms with Gasteiger partial charge in [-0.2, -0.15) is 0 Å². The summed E-state index contributed by atoms with van der Waals surface area (Å²) in [5.41, 5.74) is 2.25. The van der Waals surface area contributed by atoms with Gasteiger partial charge in [-0.25, -0.2) is 0 Å². The van der Waals surface area contributed by atoms with Gasteiger partial charge in [0.15, 0.2) is 0 Å². The van der Waals surface area contributed by atoms with Crippen LogP contribution in [-0.4, -0.2) is 11.8 Å². The lowest BCUT2D eigenvalue weighted by molar-refractivity contribution is -0.116. The van der Waals surface area contributed by atoms with Crippen molar-refractivity contribution in [3.63, 3.8) is 0 Å². The first-order valence-corrected chi connectivity index (χ1v) is 6.43. The normalized spacial score (nSPS) is 11.3. The molecular formula is C14H20ClNO. The van der Waals surface area contributed by atoms with Gasteiger partial charge in [-0.05, 0) is 29.5 Å². The Morgan fingerprint density at radius 3 is 2.29 bits per heavy atom. The van der Waals surface area contributed by atoms with Crippen molar-refractivity contribution in [2.45, 2.75) is 39.0 Å². The quantitative estimate of drug-likeness (QED) is 0.809. The Bertz CT molecular complexity index is 365. The number of anilines is 1. The zero-order valence-corrected chi connectivity index (χ0v) is 11.5. The molecule has 1 aromatic carbocycles. The Kier molecular flexibility index (Phi) is 5.01. The lowest BCUT2D eigenvalue weighted by Gasteiger charge is -2.19. The third-order valence-electron chi connectivity index (χ3n) is 2.57. The third-order valence-corrected chi connectivity index (χ3v) is 2.84. The minimum Gasteiger partial charge on any atom is -0.326 e. The fourth-order valence-electron chi connectivity index (χ4n) is 1.50. The van der Waals surface area contributed by atoms with E-state index in [0.29, 0.717) is 18.7 Å². The van der Waals surface area contributed by atoms with Crippen molar-refractivity contribution in [1.82, 2.24) is 0 Å². The van der Waals surface area contributed by atoms with Crippen LogP contribution < -0.4 is 5.32 Å². The Morgan fingerprint density at radius 1 is 1.24 bits per heavy atom. The number of hydrogen-bond acceptors (Lipinski definition) is 1. The van der Waals surface area contributed by atoms with Crippen LogP contribution in [0.15, 0.2) is 24.3 Å². The number of alkyl halides is 1. The van der Waals surface area contributed by atoms with E-state index in [0.717, 1.165) is 5.69 Å². The van der Waals surface area contributed by atoms with Crippen molar-refractivity contribution in [2.75, 3.05) is 11.2 Å². The summed E-state index contributed by atoms with van der Waals surface area (Å²) in [5.74, 6) is 0.547. The monoisotopic (exact) mass is 253 g/mol. The number of halogens is 1. The molecule has 0 saturated heterocycles. The molecule has 3 heteroatoms. The molecule has 1 aromatic rings. The highest BCUT2D eigenvalue weighted by Gasteiger charge is 2.13. The zero-order valence-electron chi connectivity index (χ0n) is 10.7. The second-order valence-corrected chi connectivity index (χ2v) is 5.55. The van der Waals surface area contributed by atoms with E-state index in [-0.39, 0.29) is 11.3 Å². The van der Waals surface area contributed by atoms with Gasteiger partial charge in [0, 0.05) is 18.0 Å². The molecule has 0 unspecified atom stereocenters. The fraction of sp³-hybridized carbons (Fsp3) is 0.500. The molecule has 0 spiro atoms. The molecule has 0 radical (unpaired) electrons. The number of carbonyl (C=O) groups is 1. The number of benzene rings is 1. The fourth-order valence-corrected chi connectivity index (χ4v) is 1.64. The molecule has 1 rings (SSSR count). The van der Waals surface area contributed by atoms with E-state index in [2.05, 4.69) is 38.2 Å². The van der Waals surface area contributed by atoms with Gasteiger partial charge in [-0.15, -0.1) is 11.6 Å². The van der Waals surface area contributed by atoms with Crippen molar-refractivity contribution >= 4 is 23.2 Å². The summed E-state index contributed by atoms with van der Waals surface area (Å²) in [6.45, 7) is 6.50. The number of amides is 1. The molecule has 0 aliphatic rings. The molecule has 1 amide bonds. The summed E-state index contributed by atoms with van der Waals surface area (Å²) in [4.78, 5) is 11.5. The van der Waals surface area contributed by atoms with Crippen LogP contribution in [0, 0.1) is 0 Å². The summed E-state index contributed by atoms with van der Waals surface area (Å²) < 4.78 is 0. The van der Waals surface area contributed by atoms with Gasteiger partial charge in [-0.1, -0.05) is 32.9 Å². The van der Waals surface area contributed by atoms with Crippen molar-refractivity contribution in [3.8, 4) is 0 Å². The first-order valence-electron chi connectivity index (χ1n) is 5.90. The molecule has 0 aliphatic carbocycles. The van der Waals surface area contributed by atoms with E-state index < -0.39 is 0 Å². The van der Waals surface area contributed by atoms with Crippen LogP contribution in [0.5, 0.6) is 0 Å². The molecule has 0 bridgehead atoms. The number of carbonyl (C=O) groups excluding carboxylic acids is 1. The van der Waals surface area contributed by atoms with Crippen LogP contribution in [0.4, 0.5) is 5.69 Å². The largest absolute Gasteiger partial charge is 0.326 e. The summed E-state index contributed by atoms with van der Waals surface area (Å²) in [6, 6.07) is 7.99. The number of rotatable bonds is 4. The second-order valence-electron chi connectivity index (χ2n) is 5.17. The molecular weight excluding hydrogens is 234 g/mol. The molecule has 0 saturated carbocycles. The van der Waals surface area contributed by atoms with E-state index in [9.17, 15) is 4.79 Å². The van der Waals surface area contributed by atoms with Crippen molar-refractivity contribution in [1.29, 1.82) is 0 Å². The summed E-state index contributed by atoms with van der Waals surface area (Å²) >= 11 is 5.54. The lowest BCUT2D eigenvalue weighted by atomic mass is 9.87. The van der Waals surface area contributed by atoms with E-state index in [1.807, 2.05) is 12.1 Å². The molecule has 94 valence electrons. The van der Waals surface area contributed by atoms with Crippen molar-refractivity contribution < 1.29 is 4.79 Å². The van der Waals surface area contributed by atoms with Crippen LogP contribution in [0.25, 0.3) is 0 Å². The van der Waals surface area contributed by atoms with E-state index in [1.54, 1.807) is 0 Å². The van der Waals surface area contributed by atoms with E-state index in [1.165, 1.54) is 5.56 Å². The summed E-state index contributed by atoms with van der Waals surface area (Å²) in [5, 5.41) is 2.86. The van der Waals surface area contributed by atoms with Gasteiger partial charge in [0.2, 0.25) is 5.91 Å². The first-order chi connectivity index (χ1) is 7.93. The molecule has 2 nitrogen and oxygen atoms in total. The minimum atomic E-state index is 0.0224. The second kappa shape index (κ2) is 6.06. The smallest absolute Gasteiger partial charge is 0.224 e. The summed E-state index contributed by atoms with van der Waals surface area (Å²) in [6.07, 6.45) is 1.19. The lowest BCUT2D eigenvalue weighted by Crippen LogP contribution is -2.13. The van der Waals surface area contributed by atoms with E-state index >= 15 is 0 Å². The molecule has 0 atom stereocenters. The SMILES string of the molecule is CC(C)(C)c1ccc(NC(=O)CCCCl)cc1. The molecule has 0 heterocycles. The third kappa shape index (κ3) is 4.78. The maximum absolute atomic E-state index is 11.5. The predicted octanol–water partition coefficient (Wildman–Crippen LogP) is 3.94. The Hall–Kier alpha value is -1.02. The highest BCUT2D eigenvalue weighted by molar-refractivity contribution is 6.18. The van der Waals surface area contributed by atoms with Gasteiger partial charge in [-0.3, -0.25) is 4.79 Å². The van der Waals surface area contributed by atoms with Gasteiger partial charge >= 0.3 is 0 Å². The highest BCUT2D eigenvalue weighted by atomic mass is 35.5. The average Bonchev–Trinajstić information content (AvgIpc) is 2.26. The molecule has 0 aromatic heterocycles. The molecule has 1 N–H and O–H groups in total. The Balaban J connectivity index is 2.60. The zero-order chi connectivity index (χ0) is 12.9. The first kappa shape index (κ1) is 14.0. The van der Waals surface area contributed by atoms with Crippen LogP contribution >= 0.6 is 11.6 Å². The Labute approximate surface area is 108 Å². The van der Waals surface area contributed by atoms with Gasteiger partial charge in [0.25, 0.3) is 0 Å². The molecule has 17 heavy (non-hydrogen) atoms. The topological polar surface area (TPSA) is 29.1 Å². The van der Waals surface area contributed by atoms with Crippen LogP contribution in [0.3, 0.4) is 0 Å². The van der Waals surface area contributed by atoms with Crippen LogP contribution in [0.2, 0.25) is 0 Å². The molecule has 0 fully saturated rings. The maximum Gasteiger partial charge on any atom is 0.224 e. The van der Waals surface area contributed by atoms with E-state index in [4.69, 9.17) is 11.6 Å². The van der Waals surface area contributed by atoms with Gasteiger partial charge in [0.1, 0.15) is 0 Å². The standard InChI is InChI=1S/C14H20ClNO/c1-14(2,3)11-6-8-12(9-7-11)16-13(17)5-4-10-15/h6-9H,4-5,10H2,1-3H3,(H,16,17). The number of hydrogen-bond donors (Lipinski definition) is 1. The van der Waals surface area contributed by atoms with Gasteiger partial charge in [0.05, 0.1) is 0 Å². The average molecular weight is 254 g/mol. The van der Waals surface area contributed by atoms with Crippen molar-refractivity contribution in [3.05, 3.63) is 29.8 Å². The van der Waals surface area contributed by atoms with Crippen LogP contribution in [0.1, 0.15) is 39.2 Å². The van der Waals surface area contributed by atoms with Crippen molar-refractivity contribution in [2.24, 2.45) is 0 Å².